The molecule has 0 saturated carbocycles. The minimum Gasteiger partial charge on any atom is -0.547 e. The van der Waals surface area contributed by atoms with E-state index in [2.05, 4.69) is 4.98 Å². The molecule has 7 nitrogen and oxygen atoms in total. The van der Waals surface area contributed by atoms with Gasteiger partial charge in [-0.15, -0.1) is 0 Å². The molecule has 0 spiro atoms. The van der Waals surface area contributed by atoms with Crippen molar-refractivity contribution in [3.05, 3.63) is 82.4 Å². The summed E-state index contributed by atoms with van der Waals surface area (Å²) in [5.41, 5.74) is 2.28. The van der Waals surface area contributed by atoms with Gasteiger partial charge in [0.05, 0.1) is 18.2 Å². The second-order valence-corrected chi connectivity index (χ2v) is 7.23. The fourth-order valence-electron chi connectivity index (χ4n) is 3.42. The molecule has 0 N–H and O–H groups in total. The van der Waals surface area contributed by atoms with Crippen LogP contribution in [0, 0.1) is 0 Å². The Bertz CT molecular complexity index is 1080. The number of carbonyl (C=O) groups excluding carboxylic acids is 1. The molecule has 0 aliphatic heterocycles. The number of benzene rings is 2. The van der Waals surface area contributed by atoms with Crippen LogP contribution >= 0.6 is 0 Å². The number of hydrogen-bond donors (Lipinski definition) is 0. The van der Waals surface area contributed by atoms with Crippen LogP contribution in [0.1, 0.15) is 25.2 Å². The first-order chi connectivity index (χ1) is 15.5. The third-order valence-corrected chi connectivity index (χ3v) is 5.03. The van der Waals surface area contributed by atoms with Gasteiger partial charge in [0.1, 0.15) is 24.3 Å². The van der Waals surface area contributed by atoms with E-state index in [1.54, 1.807) is 41.8 Å². The zero-order valence-corrected chi connectivity index (χ0v) is 22.4. The molecule has 0 saturated heterocycles. The summed E-state index contributed by atoms with van der Waals surface area (Å²) in [6, 6.07) is 18.3. The monoisotopic (exact) mass is 474 g/mol. The molecule has 168 valence electrons. The van der Waals surface area contributed by atoms with E-state index in [1.165, 1.54) is 0 Å². The summed E-state index contributed by atoms with van der Waals surface area (Å²) in [6.45, 7) is 4.70. The first-order valence-corrected chi connectivity index (χ1v) is 10.7. The van der Waals surface area contributed by atoms with E-state index >= 15 is 0 Å². The molecular weight excluding hydrogens is 447 g/mol. The van der Waals surface area contributed by atoms with Crippen molar-refractivity contribution in [3.63, 3.8) is 0 Å². The van der Waals surface area contributed by atoms with Gasteiger partial charge in [0, 0.05) is 31.1 Å². The van der Waals surface area contributed by atoms with E-state index < -0.39 is 12.1 Å². The molecule has 33 heavy (non-hydrogen) atoms. The number of aromatic nitrogens is 2. The quantitative estimate of drug-likeness (QED) is 0.340. The molecule has 0 radical (unpaired) electrons. The van der Waals surface area contributed by atoms with E-state index in [-0.39, 0.29) is 63.4 Å². The molecule has 3 rings (SSSR count). The van der Waals surface area contributed by atoms with E-state index in [1.807, 2.05) is 37.3 Å². The summed E-state index contributed by atoms with van der Waals surface area (Å²) in [5.74, 6) is 0.117. The molecule has 1 heterocycles. The van der Waals surface area contributed by atoms with Crippen LogP contribution < -0.4 is 66.8 Å². The van der Waals surface area contributed by atoms with Gasteiger partial charge in [0.15, 0.2) is 0 Å². The average Bonchev–Trinajstić information content (AvgIpc) is 2.81. The van der Waals surface area contributed by atoms with Crippen molar-refractivity contribution in [2.24, 2.45) is 0 Å². The molecule has 0 bridgehead atoms. The molecule has 1 aromatic heterocycles. The number of carboxylic acid groups (broad SMARTS) is 1. The number of carbonyl (C=O) groups is 1. The average molecular weight is 475 g/mol. The van der Waals surface area contributed by atoms with E-state index in [9.17, 15) is 14.7 Å². The minimum atomic E-state index is -1.23. The smallest absolute Gasteiger partial charge is 0.547 e. The van der Waals surface area contributed by atoms with Crippen LogP contribution in [0.2, 0.25) is 0 Å². The number of rotatable bonds is 11. The second kappa shape index (κ2) is 13.8. The molecule has 0 fully saturated rings. The first kappa shape index (κ1) is 27.4. The van der Waals surface area contributed by atoms with Crippen molar-refractivity contribution in [2.75, 3.05) is 13.2 Å². The van der Waals surface area contributed by atoms with Gasteiger partial charge >= 0.3 is 51.4 Å². The zero-order chi connectivity index (χ0) is 22.9. The summed E-state index contributed by atoms with van der Waals surface area (Å²) in [6.07, 6.45) is -0.118. The van der Waals surface area contributed by atoms with Gasteiger partial charge in [0.25, 0.3) is 5.56 Å². The molecule has 1 unspecified atom stereocenters. The zero-order valence-electron chi connectivity index (χ0n) is 19.3. The van der Waals surface area contributed by atoms with Gasteiger partial charge in [-0.1, -0.05) is 49.4 Å². The minimum absolute atomic E-state index is 0. The second-order valence-electron chi connectivity index (χ2n) is 7.23. The van der Waals surface area contributed by atoms with Crippen molar-refractivity contribution < 1.29 is 70.8 Å². The Hall–Kier alpha value is -1.81. The number of aryl methyl sites for hydroxylation is 1. The Labute approximate surface area is 236 Å². The molecule has 8 heteroatoms. The maximum absolute atomic E-state index is 12.7. The van der Waals surface area contributed by atoms with Crippen LogP contribution in [0.25, 0.3) is 11.3 Å². The molecule has 0 amide bonds. The van der Waals surface area contributed by atoms with Crippen LogP contribution in [-0.4, -0.2) is 34.8 Å². The summed E-state index contributed by atoms with van der Waals surface area (Å²) in [4.78, 5) is 28.5. The Morgan fingerprint density at radius 1 is 1.09 bits per heavy atom. The first-order valence-electron chi connectivity index (χ1n) is 10.7. The number of nitrogens with zero attached hydrogens (tertiary/aromatic N) is 2. The fourth-order valence-corrected chi connectivity index (χ4v) is 3.42. The summed E-state index contributed by atoms with van der Waals surface area (Å²) < 4.78 is 12.6. The van der Waals surface area contributed by atoms with Gasteiger partial charge in [-0.3, -0.25) is 9.36 Å². The fraction of sp³-hybridized carbons (Fsp3) is 0.320. The third kappa shape index (κ3) is 7.87. The molecular formula is C25H27KN2O5. The van der Waals surface area contributed by atoms with Crippen LogP contribution in [0.15, 0.2) is 65.5 Å². The van der Waals surface area contributed by atoms with Crippen molar-refractivity contribution in [3.8, 4) is 17.0 Å². The number of carboxylic acids is 1. The Morgan fingerprint density at radius 3 is 2.39 bits per heavy atom. The Kier molecular flexibility index (Phi) is 11.5. The standard InChI is InChI=1S/C25H28N2O5.K/c1-3-23-26-21(19-8-6-5-7-9-19)17-24(28)27(23)14-15-32-20-12-10-18(11-13-20)16-22(25(29)30)31-4-2;/h5-13,17,22H,3-4,14-16H2,1-2H3,(H,29,30);/q;+1/p-1. The maximum atomic E-state index is 12.7. The SMILES string of the molecule is CCOC(Cc1ccc(OCCn2c(CC)nc(-c3ccccc3)cc2=O)cc1)C(=O)[O-].[K+]. The Balaban J connectivity index is 0.00000385. The number of aliphatic carboxylic acids is 1. The van der Waals surface area contributed by atoms with Crippen LogP contribution in [0.5, 0.6) is 5.75 Å². The normalized spacial score (nSPS) is 11.5. The van der Waals surface area contributed by atoms with E-state index in [4.69, 9.17) is 9.47 Å². The summed E-state index contributed by atoms with van der Waals surface area (Å²) in [5, 5.41) is 11.1. The van der Waals surface area contributed by atoms with Crippen molar-refractivity contribution in [1.29, 1.82) is 0 Å². The van der Waals surface area contributed by atoms with Crippen LogP contribution in [0.3, 0.4) is 0 Å². The van der Waals surface area contributed by atoms with Gasteiger partial charge in [-0.25, -0.2) is 4.98 Å². The maximum Gasteiger partial charge on any atom is 1.00 e. The van der Waals surface area contributed by atoms with Crippen LogP contribution in [-0.2, 0) is 28.9 Å². The Morgan fingerprint density at radius 2 is 1.79 bits per heavy atom. The summed E-state index contributed by atoms with van der Waals surface area (Å²) >= 11 is 0. The van der Waals surface area contributed by atoms with Crippen molar-refractivity contribution in [1.82, 2.24) is 9.55 Å². The topological polar surface area (TPSA) is 93.5 Å². The van der Waals surface area contributed by atoms with Crippen molar-refractivity contribution >= 4 is 5.97 Å². The van der Waals surface area contributed by atoms with E-state index in [0.29, 0.717) is 43.4 Å². The van der Waals surface area contributed by atoms with Gasteiger partial charge in [-0.05, 0) is 24.6 Å². The third-order valence-electron chi connectivity index (χ3n) is 5.03. The van der Waals surface area contributed by atoms with Gasteiger partial charge in [0.2, 0.25) is 0 Å². The predicted octanol–water partition coefficient (Wildman–Crippen LogP) is -0.747. The summed E-state index contributed by atoms with van der Waals surface area (Å²) in [7, 11) is 0. The molecule has 2 aromatic carbocycles. The predicted molar refractivity (Wildman–Crippen MR) is 119 cm³/mol. The van der Waals surface area contributed by atoms with Crippen LogP contribution in [0.4, 0.5) is 0 Å². The molecule has 0 aliphatic rings. The number of hydrogen-bond acceptors (Lipinski definition) is 6. The van der Waals surface area contributed by atoms with Crippen molar-refractivity contribution in [2.45, 2.75) is 39.3 Å². The van der Waals surface area contributed by atoms with Gasteiger partial charge < -0.3 is 19.4 Å². The molecule has 1 atom stereocenters. The van der Waals surface area contributed by atoms with Gasteiger partial charge in [-0.2, -0.15) is 0 Å². The largest absolute Gasteiger partial charge is 1.00 e. The molecule has 3 aromatic rings. The number of ether oxygens (including phenoxy) is 2. The van der Waals surface area contributed by atoms with E-state index in [0.717, 1.165) is 11.1 Å². The molecule has 0 aliphatic carbocycles.